The summed E-state index contributed by atoms with van der Waals surface area (Å²) in [5.74, 6) is 0.0547. The van der Waals surface area contributed by atoms with Crippen LogP contribution in [0.1, 0.15) is 45.1 Å². The van der Waals surface area contributed by atoms with Gasteiger partial charge in [0.05, 0.1) is 5.54 Å². The van der Waals surface area contributed by atoms with Crippen LogP contribution in [0.3, 0.4) is 0 Å². The van der Waals surface area contributed by atoms with E-state index in [0.717, 1.165) is 38.6 Å². The molecule has 3 nitrogen and oxygen atoms in total. The van der Waals surface area contributed by atoms with Crippen molar-refractivity contribution in [2.75, 3.05) is 13.6 Å². The fraction of sp³-hybridized carbons (Fsp3) is 0.588. The maximum atomic E-state index is 12.2. The Kier molecular flexibility index (Phi) is 6.73. The van der Waals surface area contributed by atoms with Gasteiger partial charge >= 0.3 is 0 Å². The molecule has 0 saturated carbocycles. The summed E-state index contributed by atoms with van der Waals surface area (Å²) in [5.41, 5.74) is 6.71. The van der Waals surface area contributed by atoms with E-state index in [4.69, 9.17) is 5.73 Å². The molecule has 1 atom stereocenters. The standard InChI is InChI=1S/C17H28N2O/c1-4-13-17(2,18)16(20)19(3)14-9-8-12-15-10-6-5-7-11-15/h5-7,10-11H,4,8-9,12-14,18H2,1-3H3. The first-order valence-electron chi connectivity index (χ1n) is 7.55. The monoisotopic (exact) mass is 276 g/mol. The van der Waals surface area contributed by atoms with Crippen molar-refractivity contribution in [1.82, 2.24) is 4.90 Å². The molecule has 3 heteroatoms. The van der Waals surface area contributed by atoms with Gasteiger partial charge in [-0.05, 0) is 38.2 Å². The molecule has 0 fully saturated rings. The zero-order chi connectivity index (χ0) is 15.0. The van der Waals surface area contributed by atoms with E-state index >= 15 is 0 Å². The van der Waals surface area contributed by atoms with Crippen molar-refractivity contribution in [3.63, 3.8) is 0 Å². The van der Waals surface area contributed by atoms with Crippen LogP contribution in [0.2, 0.25) is 0 Å². The predicted molar refractivity (Wildman–Crippen MR) is 84.5 cm³/mol. The number of likely N-dealkylation sites (N-methyl/N-ethyl adjacent to an activating group) is 1. The molecule has 20 heavy (non-hydrogen) atoms. The molecule has 0 aromatic heterocycles. The second kappa shape index (κ2) is 8.05. The Balaban J connectivity index is 2.29. The highest BCUT2D eigenvalue weighted by atomic mass is 16.2. The van der Waals surface area contributed by atoms with E-state index in [-0.39, 0.29) is 5.91 Å². The molecule has 0 spiro atoms. The van der Waals surface area contributed by atoms with Crippen LogP contribution in [-0.4, -0.2) is 29.9 Å². The van der Waals surface area contributed by atoms with Gasteiger partial charge in [0.15, 0.2) is 0 Å². The third kappa shape index (κ3) is 5.33. The summed E-state index contributed by atoms with van der Waals surface area (Å²) < 4.78 is 0. The van der Waals surface area contributed by atoms with Crippen LogP contribution >= 0.6 is 0 Å². The second-order valence-electron chi connectivity index (χ2n) is 5.84. The van der Waals surface area contributed by atoms with E-state index < -0.39 is 5.54 Å². The minimum absolute atomic E-state index is 0.0547. The molecular weight excluding hydrogens is 248 g/mol. The summed E-state index contributed by atoms with van der Waals surface area (Å²) in [6, 6.07) is 10.5. The van der Waals surface area contributed by atoms with Gasteiger partial charge in [0.1, 0.15) is 0 Å². The number of unbranched alkanes of at least 4 members (excludes halogenated alkanes) is 1. The van der Waals surface area contributed by atoms with Gasteiger partial charge in [0, 0.05) is 13.6 Å². The molecule has 1 aromatic carbocycles. The van der Waals surface area contributed by atoms with Crippen LogP contribution in [0.15, 0.2) is 30.3 Å². The van der Waals surface area contributed by atoms with Crippen LogP contribution in [0.5, 0.6) is 0 Å². The average molecular weight is 276 g/mol. The quantitative estimate of drug-likeness (QED) is 0.742. The number of hydrogen-bond donors (Lipinski definition) is 1. The zero-order valence-corrected chi connectivity index (χ0v) is 13.1. The van der Waals surface area contributed by atoms with Gasteiger partial charge in [-0.2, -0.15) is 0 Å². The topological polar surface area (TPSA) is 46.3 Å². The van der Waals surface area contributed by atoms with E-state index in [1.165, 1.54) is 5.56 Å². The Bertz CT molecular complexity index is 401. The molecule has 0 heterocycles. The molecule has 1 aromatic rings. The summed E-state index contributed by atoms with van der Waals surface area (Å²) in [6.07, 6.45) is 4.84. The van der Waals surface area contributed by atoms with Crippen molar-refractivity contribution in [1.29, 1.82) is 0 Å². The molecule has 0 aliphatic heterocycles. The van der Waals surface area contributed by atoms with Gasteiger partial charge in [0.25, 0.3) is 0 Å². The van der Waals surface area contributed by atoms with Gasteiger partial charge in [-0.1, -0.05) is 43.7 Å². The third-order valence-corrected chi connectivity index (χ3v) is 3.66. The lowest BCUT2D eigenvalue weighted by atomic mass is 9.96. The molecule has 112 valence electrons. The number of carbonyl (C=O) groups is 1. The lowest BCUT2D eigenvalue weighted by molar-refractivity contribution is -0.135. The van der Waals surface area contributed by atoms with Crippen molar-refractivity contribution >= 4 is 5.91 Å². The number of nitrogens with two attached hydrogens (primary N) is 1. The van der Waals surface area contributed by atoms with Crippen molar-refractivity contribution < 1.29 is 4.79 Å². The molecule has 2 N–H and O–H groups in total. The van der Waals surface area contributed by atoms with E-state index in [2.05, 4.69) is 31.2 Å². The van der Waals surface area contributed by atoms with E-state index in [1.54, 1.807) is 4.90 Å². The summed E-state index contributed by atoms with van der Waals surface area (Å²) in [5, 5.41) is 0. The maximum absolute atomic E-state index is 12.2. The molecule has 1 amide bonds. The number of hydrogen-bond acceptors (Lipinski definition) is 2. The highest BCUT2D eigenvalue weighted by Gasteiger charge is 2.29. The fourth-order valence-electron chi connectivity index (χ4n) is 2.49. The maximum Gasteiger partial charge on any atom is 0.242 e. The second-order valence-corrected chi connectivity index (χ2v) is 5.84. The van der Waals surface area contributed by atoms with Gasteiger partial charge in [-0.25, -0.2) is 0 Å². The largest absolute Gasteiger partial charge is 0.344 e. The number of rotatable bonds is 8. The summed E-state index contributed by atoms with van der Waals surface area (Å²) in [6.45, 7) is 4.67. The zero-order valence-electron chi connectivity index (χ0n) is 13.1. The van der Waals surface area contributed by atoms with Crippen molar-refractivity contribution in [3.05, 3.63) is 35.9 Å². The normalized spacial score (nSPS) is 13.8. The third-order valence-electron chi connectivity index (χ3n) is 3.66. The number of nitrogens with zero attached hydrogens (tertiary/aromatic N) is 1. The molecule has 1 rings (SSSR count). The van der Waals surface area contributed by atoms with Gasteiger partial charge in [-0.15, -0.1) is 0 Å². The Morgan fingerprint density at radius 3 is 2.50 bits per heavy atom. The summed E-state index contributed by atoms with van der Waals surface area (Å²) in [7, 11) is 1.85. The number of benzene rings is 1. The van der Waals surface area contributed by atoms with Crippen LogP contribution in [0, 0.1) is 0 Å². The molecule has 0 aliphatic rings. The lowest BCUT2D eigenvalue weighted by Gasteiger charge is -2.29. The lowest BCUT2D eigenvalue weighted by Crippen LogP contribution is -2.52. The number of aryl methyl sites for hydroxylation is 1. The Morgan fingerprint density at radius 1 is 1.25 bits per heavy atom. The van der Waals surface area contributed by atoms with E-state index in [1.807, 2.05) is 20.0 Å². The highest BCUT2D eigenvalue weighted by Crippen LogP contribution is 2.13. The fourth-order valence-corrected chi connectivity index (χ4v) is 2.49. The molecule has 0 saturated heterocycles. The number of carbonyl (C=O) groups excluding carboxylic acids is 1. The molecule has 1 unspecified atom stereocenters. The molecule has 0 aliphatic carbocycles. The number of amides is 1. The molecular formula is C17H28N2O. The molecule has 0 radical (unpaired) electrons. The van der Waals surface area contributed by atoms with Crippen LogP contribution in [0.4, 0.5) is 0 Å². The first kappa shape index (κ1) is 16.7. The smallest absolute Gasteiger partial charge is 0.242 e. The van der Waals surface area contributed by atoms with Gasteiger partial charge in [-0.3, -0.25) is 4.79 Å². The Labute approximate surface area is 123 Å². The molecule has 0 bridgehead atoms. The Hall–Kier alpha value is -1.35. The van der Waals surface area contributed by atoms with Crippen LogP contribution in [-0.2, 0) is 11.2 Å². The summed E-state index contributed by atoms with van der Waals surface area (Å²) in [4.78, 5) is 14.0. The first-order chi connectivity index (χ1) is 9.47. The van der Waals surface area contributed by atoms with E-state index in [0.29, 0.717) is 0 Å². The highest BCUT2D eigenvalue weighted by molar-refractivity contribution is 5.85. The van der Waals surface area contributed by atoms with Gasteiger partial charge in [0.2, 0.25) is 5.91 Å². The SMILES string of the molecule is CCCC(C)(N)C(=O)N(C)CCCCc1ccccc1. The average Bonchev–Trinajstić information content (AvgIpc) is 2.43. The Morgan fingerprint density at radius 2 is 1.90 bits per heavy atom. The van der Waals surface area contributed by atoms with E-state index in [9.17, 15) is 4.79 Å². The van der Waals surface area contributed by atoms with Gasteiger partial charge < -0.3 is 10.6 Å². The minimum atomic E-state index is -0.719. The first-order valence-corrected chi connectivity index (χ1v) is 7.55. The van der Waals surface area contributed by atoms with Crippen molar-refractivity contribution in [2.45, 2.75) is 51.5 Å². The van der Waals surface area contributed by atoms with Crippen LogP contribution in [0.25, 0.3) is 0 Å². The van der Waals surface area contributed by atoms with Crippen LogP contribution < -0.4 is 5.73 Å². The van der Waals surface area contributed by atoms with Crippen molar-refractivity contribution in [2.24, 2.45) is 5.73 Å². The summed E-state index contributed by atoms with van der Waals surface area (Å²) >= 11 is 0. The minimum Gasteiger partial charge on any atom is -0.344 e. The predicted octanol–water partition coefficient (Wildman–Crippen LogP) is 2.99. The van der Waals surface area contributed by atoms with Crippen molar-refractivity contribution in [3.8, 4) is 0 Å².